The summed E-state index contributed by atoms with van der Waals surface area (Å²) in [6.45, 7) is 5.99. The molecule has 0 aliphatic heterocycles. The summed E-state index contributed by atoms with van der Waals surface area (Å²) in [4.78, 5) is 0. The molecule has 0 spiro atoms. The maximum atomic E-state index is 13.9. The fraction of sp³-hybridized carbons (Fsp3) is 0.636. The molecule has 1 aromatic rings. The molecule has 1 nitrogen and oxygen atoms in total. The Morgan fingerprint density at radius 3 is 2.20 bits per heavy atom. The lowest BCUT2D eigenvalue weighted by molar-refractivity contribution is 0.127. The van der Waals surface area contributed by atoms with Crippen LogP contribution in [-0.2, 0) is 0 Å². The topological polar surface area (TPSA) is 9.23 Å². The fourth-order valence-electron chi connectivity index (χ4n) is 4.63. The van der Waals surface area contributed by atoms with E-state index in [2.05, 4.69) is 12.7 Å². The third-order valence-electron chi connectivity index (χ3n) is 6.42. The molecule has 0 unspecified atom stereocenters. The van der Waals surface area contributed by atoms with Crippen molar-refractivity contribution in [2.75, 3.05) is 6.61 Å². The van der Waals surface area contributed by atoms with Crippen LogP contribution >= 0.6 is 0 Å². The monoisotopic (exact) mass is 352 g/mol. The second-order valence-electron chi connectivity index (χ2n) is 8.01. The van der Waals surface area contributed by atoms with E-state index < -0.39 is 11.6 Å². The molecule has 0 N–H and O–H groups in total. The highest BCUT2D eigenvalue weighted by Gasteiger charge is 2.30. The van der Waals surface area contributed by atoms with Crippen molar-refractivity contribution < 1.29 is 16.4 Å². The lowest BCUT2D eigenvalue weighted by Gasteiger charge is -2.37. The van der Waals surface area contributed by atoms with E-state index in [1.807, 2.05) is 0 Å². The molecule has 2 saturated carbocycles. The van der Waals surface area contributed by atoms with Crippen LogP contribution in [0.3, 0.4) is 0 Å². The Morgan fingerprint density at radius 2 is 1.60 bits per heavy atom. The molecule has 0 amide bonds. The zero-order valence-electron chi connectivity index (χ0n) is 15.3. The van der Waals surface area contributed by atoms with Crippen LogP contribution in [0.25, 0.3) is 0 Å². The van der Waals surface area contributed by atoms with Gasteiger partial charge in [0.1, 0.15) is 0 Å². The molecule has 2 fully saturated rings. The van der Waals surface area contributed by atoms with Gasteiger partial charge in [0, 0.05) is 2.85 Å². The van der Waals surface area contributed by atoms with Crippen molar-refractivity contribution in [1.82, 2.24) is 0 Å². The van der Waals surface area contributed by atoms with Crippen LogP contribution in [0, 0.1) is 42.2 Å². The van der Waals surface area contributed by atoms with Gasteiger partial charge in [0.15, 0.2) is 11.6 Å². The molecule has 2 aliphatic carbocycles. The van der Waals surface area contributed by atoms with Gasteiger partial charge in [0.25, 0.3) is 0 Å². The summed E-state index contributed by atoms with van der Waals surface area (Å²) in [7, 11) is 0. The van der Waals surface area contributed by atoms with E-state index in [-0.39, 0.29) is 8.60 Å². The van der Waals surface area contributed by atoms with Gasteiger partial charge in [-0.15, -0.1) is 6.58 Å². The van der Waals surface area contributed by atoms with Crippen LogP contribution < -0.4 is 4.74 Å². The first-order valence-corrected chi connectivity index (χ1v) is 9.78. The van der Waals surface area contributed by atoms with Crippen molar-refractivity contribution in [1.29, 1.82) is 0 Å². The summed E-state index contributed by atoms with van der Waals surface area (Å²) < 4.78 is 33.1. The van der Waals surface area contributed by atoms with Crippen molar-refractivity contribution in [3.8, 4) is 5.75 Å². The molecule has 3 heteroatoms. The van der Waals surface area contributed by atoms with E-state index >= 15 is 0 Å². The Labute approximate surface area is 153 Å². The number of halogens is 2. The zero-order valence-corrected chi connectivity index (χ0v) is 15.3. The highest BCUT2D eigenvalue weighted by Crippen LogP contribution is 2.41. The Morgan fingerprint density at radius 1 is 1.00 bits per heavy atom. The van der Waals surface area contributed by atoms with Gasteiger partial charge in [-0.05, 0) is 93.6 Å². The maximum Gasteiger partial charge on any atom is 0.200 e. The SMILES string of the molecule is C=CC1CCC(C2CCC(COc3ccc(C)c(F)c3F)CC2)CC1.[HH].[HH]. The summed E-state index contributed by atoms with van der Waals surface area (Å²) >= 11 is 0. The molecule has 0 heterocycles. The van der Waals surface area contributed by atoms with Crippen LogP contribution in [0.4, 0.5) is 8.78 Å². The van der Waals surface area contributed by atoms with Crippen molar-refractivity contribution in [3.63, 3.8) is 0 Å². The van der Waals surface area contributed by atoms with Gasteiger partial charge in [-0.25, -0.2) is 4.39 Å². The summed E-state index contributed by atoms with van der Waals surface area (Å²) in [5.41, 5.74) is 0.316. The lowest BCUT2D eigenvalue weighted by atomic mass is 9.69. The fourth-order valence-corrected chi connectivity index (χ4v) is 4.63. The standard InChI is InChI=1S/C22H30F2O.2H2/c1-3-16-5-9-18(10-6-16)19-11-7-17(8-12-19)14-25-20-13-4-15(2)21(23)22(20)24;;/h3-4,13,16-19H,1,5-12,14H2,2H3;2*1H. The Hall–Kier alpha value is -1.38. The normalized spacial score (nSPS) is 30.0. The van der Waals surface area contributed by atoms with Crippen molar-refractivity contribution in [2.24, 2.45) is 23.7 Å². The maximum absolute atomic E-state index is 13.9. The van der Waals surface area contributed by atoms with E-state index in [0.29, 0.717) is 18.1 Å². The molecular weight excluding hydrogens is 318 g/mol. The highest BCUT2D eigenvalue weighted by molar-refractivity contribution is 5.30. The van der Waals surface area contributed by atoms with Crippen LogP contribution in [0.5, 0.6) is 5.75 Å². The lowest BCUT2D eigenvalue weighted by Crippen LogP contribution is -2.27. The molecule has 2 aliphatic rings. The van der Waals surface area contributed by atoms with Gasteiger partial charge in [0.05, 0.1) is 6.61 Å². The third kappa shape index (κ3) is 4.43. The Kier molecular flexibility index (Phi) is 6.14. The molecule has 0 saturated heterocycles. The number of ether oxygens (including phenoxy) is 1. The van der Waals surface area contributed by atoms with Gasteiger partial charge in [-0.2, -0.15) is 4.39 Å². The molecule has 25 heavy (non-hydrogen) atoms. The van der Waals surface area contributed by atoms with Crippen molar-refractivity contribution in [3.05, 3.63) is 42.0 Å². The molecule has 142 valence electrons. The third-order valence-corrected chi connectivity index (χ3v) is 6.42. The van der Waals surface area contributed by atoms with Crippen LogP contribution in [0.2, 0.25) is 0 Å². The first-order chi connectivity index (χ1) is 12.1. The average Bonchev–Trinajstić information content (AvgIpc) is 2.66. The second kappa shape index (κ2) is 8.33. The average molecular weight is 353 g/mol. The molecular formula is C22H34F2O. The summed E-state index contributed by atoms with van der Waals surface area (Å²) in [6, 6.07) is 3.11. The predicted molar refractivity (Wildman–Crippen MR) is 102 cm³/mol. The Bertz CT molecular complexity index is 592. The van der Waals surface area contributed by atoms with Gasteiger partial charge in [-0.1, -0.05) is 12.1 Å². The van der Waals surface area contributed by atoms with E-state index in [9.17, 15) is 8.78 Å². The first-order valence-electron chi connectivity index (χ1n) is 9.78. The number of benzene rings is 1. The molecule has 0 atom stereocenters. The molecule has 0 bridgehead atoms. The molecule has 0 radical (unpaired) electrons. The first kappa shape index (κ1) is 18.4. The largest absolute Gasteiger partial charge is 0.490 e. The number of aryl methyl sites for hydroxylation is 1. The van der Waals surface area contributed by atoms with Crippen LogP contribution in [0.1, 0.15) is 59.8 Å². The van der Waals surface area contributed by atoms with E-state index in [0.717, 1.165) is 30.6 Å². The number of hydrogen-bond acceptors (Lipinski definition) is 1. The van der Waals surface area contributed by atoms with Crippen LogP contribution in [-0.4, -0.2) is 6.61 Å². The quantitative estimate of drug-likeness (QED) is 0.521. The summed E-state index contributed by atoms with van der Waals surface area (Å²) in [6.07, 6.45) is 12.2. The smallest absolute Gasteiger partial charge is 0.200 e. The number of rotatable bonds is 5. The summed E-state index contributed by atoms with van der Waals surface area (Å²) in [5.74, 6) is 1.31. The minimum absolute atomic E-state index is 0. The zero-order chi connectivity index (χ0) is 17.8. The molecule has 0 aromatic heterocycles. The summed E-state index contributed by atoms with van der Waals surface area (Å²) in [5, 5.41) is 0. The van der Waals surface area contributed by atoms with E-state index in [1.165, 1.54) is 44.6 Å². The predicted octanol–water partition coefficient (Wildman–Crippen LogP) is 6.94. The highest BCUT2D eigenvalue weighted by atomic mass is 19.2. The second-order valence-corrected chi connectivity index (χ2v) is 8.01. The molecule has 3 rings (SSSR count). The Balaban J connectivity index is 0.00000182. The minimum Gasteiger partial charge on any atom is -0.490 e. The van der Waals surface area contributed by atoms with E-state index in [4.69, 9.17) is 4.74 Å². The van der Waals surface area contributed by atoms with Gasteiger partial charge in [-0.3, -0.25) is 0 Å². The van der Waals surface area contributed by atoms with Crippen LogP contribution in [0.15, 0.2) is 24.8 Å². The number of allylic oxidation sites excluding steroid dienone is 1. The van der Waals surface area contributed by atoms with Crippen molar-refractivity contribution >= 4 is 0 Å². The van der Waals surface area contributed by atoms with Gasteiger partial charge >= 0.3 is 0 Å². The minimum atomic E-state index is -0.854. The van der Waals surface area contributed by atoms with Gasteiger partial charge < -0.3 is 4.74 Å². The van der Waals surface area contributed by atoms with E-state index in [1.54, 1.807) is 13.0 Å². The van der Waals surface area contributed by atoms with Crippen molar-refractivity contribution in [2.45, 2.75) is 58.3 Å². The molecule has 1 aromatic carbocycles. The number of hydrogen-bond donors (Lipinski definition) is 0. The van der Waals surface area contributed by atoms with Gasteiger partial charge in [0.2, 0.25) is 5.82 Å².